The summed E-state index contributed by atoms with van der Waals surface area (Å²) in [5.74, 6) is 0. The molecule has 0 atom stereocenters. The second kappa shape index (κ2) is 5.73. The Balaban J connectivity index is 1.53. The van der Waals surface area contributed by atoms with Gasteiger partial charge in [-0.1, -0.05) is 25.7 Å². The van der Waals surface area contributed by atoms with Gasteiger partial charge in [0.1, 0.15) is 0 Å². The molecule has 19 heavy (non-hydrogen) atoms. The van der Waals surface area contributed by atoms with Gasteiger partial charge in [0.15, 0.2) is 0 Å². The van der Waals surface area contributed by atoms with Crippen molar-refractivity contribution in [3.8, 4) is 0 Å². The molecular weight excluding hydrogens is 232 g/mol. The maximum Gasteiger partial charge on any atom is 0.00501 e. The number of piperidine rings is 1. The molecular formula is C17H32N2. The van der Waals surface area contributed by atoms with E-state index in [1.807, 2.05) is 0 Å². The zero-order chi connectivity index (χ0) is 13.2. The topological polar surface area (TPSA) is 15.3 Å². The number of hydrogen-bond donors (Lipinski definition) is 1. The molecule has 0 aromatic rings. The first-order valence-corrected chi connectivity index (χ1v) is 8.63. The standard InChI is InChI=1S/C17H32N2/c1-18-14-17(8-4-5-9-17)15-19-12-10-16(11-13-19)6-2-3-7-16/h18H,2-15H2,1H3. The van der Waals surface area contributed by atoms with Crippen molar-refractivity contribution < 1.29 is 0 Å². The Kier molecular flexibility index (Phi) is 4.19. The van der Waals surface area contributed by atoms with Crippen LogP contribution in [0.1, 0.15) is 64.2 Å². The van der Waals surface area contributed by atoms with Gasteiger partial charge in [-0.25, -0.2) is 0 Å². The van der Waals surface area contributed by atoms with Crippen LogP contribution in [0.5, 0.6) is 0 Å². The molecule has 2 nitrogen and oxygen atoms in total. The number of nitrogens with zero attached hydrogens (tertiary/aromatic N) is 1. The van der Waals surface area contributed by atoms with Crippen molar-refractivity contribution in [2.45, 2.75) is 64.2 Å². The maximum absolute atomic E-state index is 3.46. The van der Waals surface area contributed by atoms with Gasteiger partial charge >= 0.3 is 0 Å². The first kappa shape index (κ1) is 13.9. The van der Waals surface area contributed by atoms with Gasteiger partial charge in [-0.2, -0.15) is 0 Å². The van der Waals surface area contributed by atoms with Gasteiger partial charge in [-0.05, 0) is 69.5 Å². The Morgan fingerprint density at radius 2 is 1.42 bits per heavy atom. The fraction of sp³-hybridized carbons (Fsp3) is 1.00. The van der Waals surface area contributed by atoms with Crippen molar-refractivity contribution in [2.75, 3.05) is 33.2 Å². The summed E-state index contributed by atoms with van der Waals surface area (Å²) in [5, 5.41) is 3.46. The molecule has 110 valence electrons. The third-order valence-corrected chi connectivity index (χ3v) is 6.36. The van der Waals surface area contributed by atoms with Crippen molar-refractivity contribution >= 4 is 0 Å². The minimum atomic E-state index is 0.606. The lowest BCUT2D eigenvalue weighted by Crippen LogP contribution is -2.46. The molecule has 1 heterocycles. The molecule has 3 fully saturated rings. The smallest absolute Gasteiger partial charge is 0.00501 e. The first-order valence-electron chi connectivity index (χ1n) is 8.63. The van der Waals surface area contributed by atoms with E-state index in [-0.39, 0.29) is 0 Å². The van der Waals surface area contributed by atoms with Gasteiger partial charge in [0.2, 0.25) is 0 Å². The zero-order valence-corrected chi connectivity index (χ0v) is 12.8. The molecule has 0 aromatic carbocycles. The van der Waals surface area contributed by atoms with Crippen molar-refractivity contribution in [3.05, 3.63) is 0 Å². The predicted molar refractivity (Wildman–Crippen MR) is 81.4 cm³/mol. The molecule has 3 aliphatic rings. The van der Waals surface area contributed by atoms with Crippen molar-refractivity contribution in [1.29, 1.82) is 0 Å². The third-order valence-electron chi connectivity index (χ3n) is 6.36. The Bertz CT molecular complexity index is 278. The number of hydrogen-bond acceptors (Lipinski definition) is 2. The normalized spacial score (nSPS) is 30.2. The number of rotatable bonds is 4. The van der Waals surface area contributed by atoms with Crippen LogP contribution in [-0.4, -0.2) is 38.1 Å². The highest BCUT2D eigenvalue weighted by Crippen LogP contribution is 2.47. The van der Waals surface area contributed by atoms with Crippen LogP contribution in [0.15, 0.2) is 0 Å². The summed E-state index contributed by atoms with van der Waals surface area (Å²) in [7, 11) is 2.13. The second-order valence-corrected chi connectivity index (χ2v) is 7.72. The fourth-order valence-corrected chi connectivity index (χ4v) is 5.18. The Morgan fingerprint density at radius 1 is 0.842 bits per heavy atom. The Morgan fingerprint density at radius 3 is 2.00 bits per heavy atom. The summed E-state index contributed by atoms with van der Waals surface area (Å²) in [6, 6.07) is 0. The van der Waals surface area contributed by atoms with E-state index < -0.39 is 0 Å². The summed E-state index contributed by atoms with van der Waals surface area (Å²) >= 11 is 0. The molecule has 1 N–H and O–H groups in total. The molecule has 3 rings (SSSR count). The molecule has 2 heteroatoms. The van der Waals surface area contributed by atoms with Gasteiger partial charge in [-0.15, -0.1) is 0 Å². The SMILES string of the molecule is CNCC1(CN2CCC3(CCCC3)CC2)CCCC1. The van der Waals surface area contributed by atoms with E-state index in [2.05, 4.69) is 17.3 Å². The lowest BCUT2D eigenvalue weighted by Gasteiger charge is -2.43. The van der Waals surface area contributed by atoms with Crippen LogP contribution < -0.4 is 5.32 Å². The van der Waals surface area contributed by atoms with E-state index in [4.69, 9.17) is 0 Å². The van der Waals surface area contributed by atoms with Crippen LogP contribution in [0.2, 0.25) is 0 Å². The van der Waals surface area contributed by atoms with Crippen LogP contribution in [0.25, 0.3) is 0 Å². The van der Waals surface area contributed by atoms with E-state index in [1.165, 1.54) is 90.4 Å². The molecule has 0 aromatic heterocycles. The van der Waals surface area contributed by atoms with Gasteiger partial charge in [0.25, 0.3) is 0 Å². The minimum Gasteiger partial charge on any atom is -0.319 e. The van der Waals surface area contributed by atoms with Crippen LogP contribution in [0, 0.1) is 10.8 Å². The largest absolute Gasteiger partial charge is 0.319 e. The fourth-order valence-electron chi connectivity index (χ4n) is 5.18. The summed E-state index contributed by atoms with van der Waals surface area (Å²) in [6.07, 6.45) is 14.9. The van der Waals surface area contributed by atoms with Crippen LogP contribution in [0.3, 0.4) is 0 Å². The maximum atomic E-state index is 3.46. The van der Waals surface area contributed by atoms with E-state index in [0.29, 0.717) is 5.41 Å². The highest BCUT2D eigenvalue weighted by molar-refractivity contribution is 4.94. The number of likely N-dealkylation sites (tertiary alicyclic amines) is 1. The Hall–Kier alpha value is -0.0800. The van der Waals surface area contributed by atoms with Gasteiger partial charge in [-0.3, -0.25) is 0 Å². The van der Waals surface area contributed by atoms with E-state index in [0.717, 1.165) is 5.41 Å². The number of nitrogens with one attached hydrogen (secondary N) is 1. The summed E-state index contributed by atoms with van der Waals surface area (Å²) in [6.45, 7) is 5.36. The molecule has 0 amide bonds. The molecule has 0 radical (unpaired) electrons. The average molecular weight is 264 g/mol. The average Bonchev–Trinajstić information content (AvgIpc) is 3.04. The van der Waals surface area contributed by atoms with Crippen molar-refractivity contribution in [3.63, 3.8) is 0 Å². The lowest BCUT2D eigenvalue weighted by atomic mass is 9.76. The first-order chi connectivity index (χ1) is 9.26. The van der Waals surface area contributed by atoms with Gasteiger partial charge in [0.05, 0.1) is 0 Å². The minimum absolute atomic E-state index is 0.606. The summed E-state index contributed by atoms with van der Waals surface area (Å²) in [5.41, 5.74) is 1.39. The molecule has 1 aliphatic heterocycles. The van der Waals surface area contributed by atoms with Crippen molar-refractivity contribution in [1.82, 2.24) is 10.2 Å². The third kappa shape index (κ3) is 3.00. The molecule has 2 aliphatic carbocycles. The molecule has 0 bridgehead atoms. The van der Waals surface area contributed by atoms with E-state index in [9.17, 15) is 0 Å². The summed E-state index contributed by atoms with van der Waals surface area (Å²) in [4.78, 5) is 2.80. The Labute approximate surface area is 119 Å². The zero-order valence-electron chi connectivity index (χ0n) is 12.8. The van der Waals surface area contributed by atoms with E-state index in [1.54, 1.807) is 0 Å². The molecule has 0 unspecified atom stereocenters. The quantitative estimate of drug-likeness (QED) is 0.837. The van der Waals surface area contributed by atoms with Gasteiger partial charge in [0, 0.05) is 13.1 Å². The van der Waals surface area contributed by atoms with Crippen LogP contribution in [-0.2, 0) is 0 Å². The second-order valence-electron chi connectivity index (χ2n) is 7.72. The lowest BCUT2D eigenvalue weighted by molar-refractivity contribution is 0.0694. The highest BCUT2D eigenvalue weighted by Gasteiger charge is 2.40. The monoisotopic (exact) mass is 264 g/mol. The van der Waals surface area contributed by atoms with Gasteiger partial charge < -0.3 is 10.2 Å². The van der Waals surface area contributed by atoms with Crippen LogP contribution in [0.4, 0.5) is 0 Å². The summed E-state index contributed by atoms with van der Waals surface area (Å²) < 4.78 is 0. The highest BCUT2D eigenvalue weighted by atomic mass is 15.1. The van der Waals surface area contributed by atoms with E-state index >= 15 is 0 Å². The van der Waals surface area contributed by atoms with Crippen molar-refractivity contribution in [2.24, 2.45) is 10.8 Å². The predicted octanol–water partition coefficient (Wildman–Crippen LogP) is 3.42. The molecule has 1 saturated heterocycles. The molecule has 2 saturated carbocycles. The van der Waals surface area contributed by atoms with Crippen LogP contribution >= 0.6 is 0 Å². The molecule has 1 spiro atoms.